The summed E-state index contributed by atoms with van der Waals surface area (Å²) in [6.07, 6.45) is 0. The van der Waals surface area contributed by atoms with Crippen LogP contribution in [-0.2, 0) is 13.6 Å². The lowest BCUT2D eigenvalue weighted by atomic mass is 10.1. The molecule has 4 nitrogen and oxygen atoms in total. The van der Waals surface area contributed by atoms with E-state index < -0.39 is 0 Å². The number of para-hydroxylation sites is 1. The van der Waals surface area contributed by atoms with Crippen LogP contribution in [-0.4, -0.2) is 14.5 Å². The predicted octanol–water partition coefficient (Wildman–Crippen LogP) is 2.64. The minimum atomic E-state index is 0.457. The predicted molar refractivity (Wildman–Crippen MR) is 77.9 cm³/mol. The molecule has 3 rings (SSSR count). The van der Waals surface area contributed by atoms with Gasteiger partial charge in [0.25, 0.3) is 0 Å². The molecule has 0 aliphatic rings. The number of rotatable bonds is 2. The quantitative estimate of drug-likeness (QED) is 0.738. The fourth-order valence-electron chi connectivity index (χ4n) is 2.64. The van der Waals surface area contributed by atoms with Gasteiger partial charge in [-0.25, -0.2) is 4.98 Å². The summed E-state index contributed by atoms with van der Waals surface area (Å²) in [7, 11) is 2.01. The zero-order chi connectivity index (χ0) is 13.6. The molecule has 0 radical (unpaired) electrons. The van der Waals surface area contributed by atoms with E-state index in [1.807, 2.05) is 13.1 Å². The molecule has 0 fully saturated rings. The van der Waals surface area contributed by atoms with Crippen molar-refractivity contribution in [2.24, 2.45) is 12.8 Å². The molecule has 0 spiro atoms. The SMILES string of the molecule is Cc1[nH]c2ccccc2c1-c1nc(CN)n(C)c1C. The molecule has 0 aliphatic carbocycles. The molecule has 0 bridgehead atoms. The molecular weight excluding hydrogens is 236 g/mol. The first-order valence-corrected chi connectivity index (χ1v) is 6.43. The highest BCUT2D eigenvalue weighted by molar-refractivity contribution is 5.97. The molecule has 0 saturated heterocycles. The van der Waals surface area contributed by atoms with Crippen molar-refractivity contribution in [2.45, 2.75) is 20.4 Å². The van der Waals surface area contributed by atoms with Gasteiger partial charge in [0, 0.05) is 34.9 Å². The highest BCUT2D eigenvalue weighted by atomic mass is 15.1. The van der Waals surface area contributed by atoms with Crippen LogP contribution in [0.2, 0.25) is 0 Å². The average molecular weight is 254 g/mol. The maximum Gasteiger partial charge on any atom is 0.123 e. The van der Waals surface area contributed by atoms with E-state index >= 15 is 0 Å². The van der Waals surface area contributed by atoms with Crippen molar-refractivity contribution < 1.29 is 0 Å². The summed E-state index contributed by atoms with van der Waals surface area (Å²) in [5.74, 6) is 0.914. The molecule has 3 N–H and O–H groups in total. The Labute approximate surface area is 112 Å². The van der Waals surface area contributed by atoms with Crippen molar-refractivity contribution >= 4 is 10.9 Å². The van der Waals surface area contributed by atoms with Crippen molar-refractivity contribution in [3.63, 3.8) is 0 Å². The van der Waals surface area contributed by atoms with Gasteiger partial charge in [0.05, 0.1) is 12.2 Å². The Balaban J connectivity index is 2.33. The first-order valence-electron chi connectivity index (χ1n) is 6.43. The van der Waals surface area contributed by atoms with Crippen LogP contribution in [0.15, 0.2) is 24.3 Å². The molecule has 2 aromatic heterocycles. The van der Waals surface area contributed by atoms with Gasteiger partial charge in [0.2, 0.25) is 0 Å². The summed E-state index contributed by atoms with van der Waals surface area (Å²) in [5.41, 5.74) is 11.4. The van der Waals surface area contributed by atoms with Crippen LogP contribution < -0.4 is 5.73 Å². The molecule has 19 heavy (non-hydrogen) atoms. The number of aryl methyl sites for hydroxylation is 1. The van der Waals surface area contributed by atoms with Gasteiger partial charge >= 0.3 is 0 Å². The number of aromatic nitrogens is 3. The van der Waals surface area contributed by atoms with Gasteiger partial charge in [-0.1, -0.05) is 18.2 Å². The monoisotopic (exact) mass is 254 g/mol. The molecule has 0 saturated carbocycles. The summed E-state index contributed by atoms with van der Waals surface area (Å²) in [6.45, 7) is 4.63. The Bertz CT molecular complexity index is 749. The largest absolute Gasteiger partial charge is 0.358 e. The molecule has 0 aliphatic heterocycles. The van der Waals surface area contributed by atoms with Gasteiger partial charge in [0.1, 0.15) is 5.82 Å². The second kappa shape index (κ2) is 4.24. The normalized spacial score (nSPS) is 11.4. The average Bonchev–Trinajstić information content (AvgIpc) is 2.88. The Hall–Kier alpha value is -2.07. The van der Waals surface area contributed by atoms with Crippen molar-refractivity contribution in [1.29, 1.82) is 0 Å². The number of aromatic amines is 1. The third kappa shape index (κ3) is 1.68. The first kappa shape index (κ1) is 12.0. The van der Waals surface area contributed by atoms with Crippen molar-refractivity contribution in [3.05, 3.63) is 41.5 Å². The Morgan fingerprint density at radius 2 is 2.00 bits per heavy atom. The van der Waals surface area contributed by atoms with Gasteiger partial charge in [-0.05, 0) is 19.9 Å². The van der Waals surface area contributed by atoms with Crippen LogP contribution in [0.5, 0.6) is 0 Å². The topological polar surface area (TPSA) is 59.6 Å². The second-order valence-corrected chi connectivity index (χ2v) is 4.90. The summed E-state index contributed by atoms with van der Waals surface area (Å²) in [6, 6.07) is 8.32. The Kier molecular flexibility index (Phi) is 2.68. The van der Waals surface area contributed by atoms with E-state index in [-0.39, 0.29) is 0 Å². The maximum absolute atomic E-state index is 5.75. The molecule has 0 amide bonds. The molecule has 98 valence electrons. The van der Waals surface area contributed by atoms with Crippen molar-refractivity contribution in [3.8, 4) is 11.3 Å². The number of fused-ring (bicyclic) bond motifs is 1. The molecule has 4 heteroatoms. The van der Waals surface area contributed by atoms with Crippen LogP contribution in [0.1, 0.15) is 17.2 Å². The van der Waals surface area contributed by atoms with Crippen LogP contribution in [0.4, 0.5) is 0 Å². The fourth-order valence-corrected chi connectivity index (χ4v) is 2.64. The number of hydrogen-bond donors (Lipinski definition) is 2. The fraction of sp³-hybridized carbons (Fsp3) is 0.267. The molecule has 3 aromatic rings. The molecule has 1 aromatic carbocycles. The van der Waals surface area contributed by atoms with Crippen LogP contribution in [0.25, 0.3) is 22.2 Å². The molecule has 0 atom stereocenters. The molecule has 0 unspecified atom stereocenters. The maximum atomic E-state index is 5.75. The number of nitrogens with one attached hydrogen (secondary N) is 1. The molecule has 2 heterocycles. The second-order valence-electron chi connectivity index (χ2n) is 4.90. The molecular formula is C15H18N4. The lowest BCUT2D eigenvalue weighted by Crippen LogP contribution is -2.05. The van der Waals surface area contributed by atoms with E-state index in [4.69, 9.17) is 10.7 Å². The van der Waals surface area contributed by atoms with E-state index in [1.54, 1.807) is 0 Å². The number of hydrogen-bond acceptors (Lipinski definition) is 2. The highest BCUT2D eigenvalue weighted by Gasteiger charge is 2.17. The minimum Gasteiger partial charge on any atom is -0.358 e. The number of nitrogens with two attached hydrogens (primary N) is 1. The van der Waals surface area contributed by atoms with Gasteiger partial charge in [-0.15, -0.1) is 0 Å². The number of imidazole rings is 1. The van der Waals surface area contributed by atoms with Gasteiger partial charge in [-0.3, -0.25) is 0 Å². The van der Waals surface area contributed by atoms with Crippen LogP contribution in [0, 0.1) is 13.8 Å². The summed E-state index contributed by atoms with van der Waals surface area (Å²) < 4.78 is 2.07. The summed E-state index contributed by atoms with van der Waals surface area (Å²) >= 11 is 0. The van der Waals surface area contributed by atoms with Crippen LogP contribution in [0.3, 0.4) is 0 Å². The minimum absolute atomic E-state index is 0.457. The first-order chi connectivity index (χ1) is 9.13. The lowest BCUT2D eigenvalue weighted by Gasteiger charge is -2.01. The zero-order valence-electron chi connectivity index (χ0n) is 11.5. The highest BCUT2D eigenvalue weighted by Crippen LogP contribution is 2.33. The van der Waals surface area contributed by atoms with E-state index in [2.05, 4.69) is 41.6 Å². The van der Waals surface area contributed by atoms with Crippen molar-refractivity contribution in [2.75, 3.05) is 0 Å². The van der Waals surface area contributed by atoms with E-state index in [0.717, 1.165) is 28.4 Å². The Morgan fingerprint density at radius 1 is 1.26 bits per heavy atom. The smallest absolute Gasteiger partial charge is 0.123 e. The van der Waals surface area contributed by atoms with Crippen LogP contribution >= 0.6 is 0 Å². The summed E-state index contributed by atoms with van der Waals surface area (Å²) in [4.78, 5) is 8.12. The van der Waals surface area contributed by atoms with E-state index in [0.29, 0.717) is 6.54 Å². The van der Waals surface area contributed by atoms with E-state index in [9.17, 15) is 0 Å². The van der Waals surface area contributed by atoms with E-state index in [1.165, 1.54) is 10.9 Å². The standard InChI is InChI=1S/C15H18N4/c1-9-14(11-6-4-5-7-12(11)17-9)15-10(2)19(3)13(8-16)18-15/h4-7,17H,8,16H2,1-3H3. The Morgan fingerprint density at radius 3 is 2.68 bits per heavy atom. The number of nitrogens with zero attached hydrogens (tertiary/aromatic N) is 2. The third-order valence-corrected chi connectivity index (χ3v) is 3.79. The van der Waals surface area contributed by atoms with Crippen molar-refractivity contribution in [1.82, 2.24) is 14.5 Å². The third-order valence-electron chi connectivity index (χ3n) is 3.79. The van der Waals surface area contributed by atoms with Gasteiger partial charge in [-0.2, -0.15) is 0 Å². The summed E-state index contributed by atoms with van der Waals surface area (Å²) in [5, 5.41) is 1.21. The number of benzene rings is 1. The number of H-pyrrole nitrogens is 1. The van der Waals surface area contributed by atoms with Gasteiger partial charge in [0.15, 0.2) is 0 Å². The lowest BCUT2D eigenvalue weighted by molar-refractivity contribution is 0.774. The van der Waals surface area contributed by atoms with Gasteiger partial charge < -0.3 is 15.3 Å². The zero-order valence-corrected chi connectivity index (χ0v) is 11.5.